The van der Waals surface area contributed by atoms with Crippen LogP contribution in [-0.4, -0.2) is 37.7 Å². The molecule has 0 spiro atoms. The second kappa shape index (κ2) is 9.80. The van der Waals surface area contributed by atoms with Crippen molar-refractivity contribution in [2.24, 2.45) is 0 Å². The average Bonchev–Trinajstić information content (AvgIpc) is 2.47. The number of para-hydroxylation sites is 1. The van der Waals surface area contributed by atoms with Crippen LogP contribution in [0, 0.1) is 0 Å². The molecule has 0 aromatic heterocycles. The Kier molecular flexibility index (Phi) is 8.40. The number of benzene rings is 1. The summed E-state index contributed by atoms with van der Waals surface area (Å²) < 4.78 is 5.70. The van der Waals surface area contributed by atoms with E-state index in [0.717, 1.165) is 12.3 Å². The van der Waals surface area contributed by atoms with Crippen LogP contribution in [0.1, 0.15) is 52.1 Å². The molecule has 1 atom stereocenters. The van der Waals surface area contributed by atoms with Crippen LogP contribution in [0.3, 0.4) is 0 Å². The van der Waals surface area contributed by atoms with E-state index in [0.29, 0.717) is 18.7 Å². The van der Waals surface area contributed by atoms with Crippen LogP contribution in [0.5, 0.6) is 5.75 Å². The molecule has 21 heavy (non-hydrogen) atoms. The van der Waals surface area contributed by atoms with Crippen molar-refractivity contribution in [2.75, 3.05) is 26.7 Å². The van der Waals surface area contributed by atoms with E-state index >= 15 is 0 Å². The van der Waals surface area contributed by atoms with Crippen molar-refractivity contribution >= 4 is 0 Å². The highest BCUT2D eigenvalue weighted by Crippen LogP contribution is 2.24. The minimum Gasteiger partial charge on any atom is -0.494 e. The van der Waals surface area contributed by atoms with E-state index in [1.807, 2.05) is 13.0 Å². The quantitative estimate of drug-likeness (QED) is 0.663. The summed E-state index contributed by atoms with van der Waals surface area (Å²) in [6.45, 7) is 11.6. The van der Waals surface area contributed by atoms with Crippen LogP contribution in [0.25, 0.3) is 0 Å². The molecule has 0 radical (unpaired) electrons. The lowest BCUT2D eigenvalue weighted by Crippen LogP contribution is -2.28. The molecule has 1 unspecified atom stereocenters. The standard InChI is InChI=1S/C18H32N2O/c1-6-21-18-12-8-7-11-17(18)16(4)19-13-9-10-14-20(5)15(2)3/h7-8,11-12,15-16,19H,6,9-10,13-14H2,1-5H3. The predicted octanol–water partition coefficient (Wildman–Crippen LogP) is 3.86. The largest absolute Gasteiger partial charge is 0.494 e. The van der Waals surface area contributed by atoms with Crippen LogP contribution < -0.4 is 10.1 Å². The molecule has 0 saturated carbocycles. The molecule has 3 heteroatoms. The Morgan fingerprint density at radius 3 is 2.52 bits per heavy atom. The number of hydrogen-bond acceptors (Lipinski definition) is 3. The fourth-order valence-corrected chi connectivity index (χ4v) is 2.30. The minimum atomic E-state index is 0.329. The van der Waals surface area contributed by atoms with E-state index in [-0.39, 0.29) is 0 Å². The third-order valence-electron chi connectivity index (χ3n) is 3.96. The Hall–Kier alpha value is -1.06. The molecule has 1 N–H and O–H groups in total. The molecule has 0 aliphatic rings. The van der Waals surface area contributed by atoms with Crippen LogP contribution in [0.15, 0.2) is 24.3 Å². The topological polar surface area (TPSA) is 24.5 Å². The van der Waals surface area contributed by atoms with E-state index in [1.165, 1.54) is 24.9 Å². The highest BCUT2D eigenvalue weighted by atomic mass is 16.5. The third-order valence-corrected chi connectivity index (χ3v) is 3.96. The Bertz CT molecular complexity index is 393. The Balaban J connectivity index is 2.32. The second-order valence-electron chi connectivity index (χ2n) is 5.93. The summed E-state index contributed by atoms with van der Waals surface area (Å²) >= 11 is 0. The smallest absolute Gasteiger partial charge is 0.124 e. The molecular formula is C18H32N2O. The zero-order chi connectivity index (χ0) is 15.7. The molecule has 3 nitrogen and oxygen atoms in total. The number of ether oxygens (including phenoxy) is 1. The molecule has 0 aliphatic heterocycles. The number of unbranched alkanes of at least 4 members (excludes halogenated alkanes) is 1. The molecule has 1 aromatic rings. The highest BCUT2D eigenvalue weighted by molar-refractivity contribution is 5.35. The van der Waals surface area contributed by atoms with Crippen LogP contribution in [-0.2, 0) is 0 Å². The fraction of sp³-hybridized carbons (Fsp3) is 0.667. The molecule has 1 aromatic carbocycles. The summed E-state index contributed by atoms with van der Waals surface area (Å²) in [5.41, 5.74) is 1.25. The van der Waals surface area contributed by atoms with Gasteiger partial charge >= 0.3 is 0 Å². The van der Waals surface area contributed by atoms with Gasteiger partial charge in [-0.15, -0.1) is 0 Å². The lowest BCUT2D eigenvalue weighted by molar-refractivity contribution is 0.267. The van der Waals surface area contributed by atoms with Crippen LogP contribution >= 0.6 is 0 Å². The van der Waals surface area contributed by atoms with Crippen molar-refractivity contribution in [2.45, 2.75) is 52.6 Å². The first-order chi connectivity index (χ1) is 10.1. The van der Waals surface area contributed by atoms with Gasteiger partial charge in [0.05, 0.1) is 6.61 Å². The molecule has 0 heterocycles. The molecule has 0 fully saturated rings. The number of hydrogen-bond donors (Lipinski definition) is 1. The van der Waals surface area contributed by atoms with Gasteiger partial charge in [0.2, 0.25) is 0 Å². The maximum atomic E-state index is 5.70. The highest BCUT2D eigenvalue weighted by Gasteiger charge is 2.10. The molecule has 1 rings (SSSR count). The van der Waals surface area contributed by atoms with Gasteiger partial charge in [-0.05, 0) is 66.7 Å². The summed E-state index contributed by atoms with van der Waals surface area (Å²) in [7, 11) is 2.19. The molecular weight excluding hydrogens is 260 g/mol. The van der Waals surface area contributed by atoms with E-state index in [9.17, 15) is 0 Å². The van der Waals surface area contributed by atoms with Gasteiger partial charge in [-0.2, -0.15) is 0 Å². The Morgan fingerprint density at radius 2 is 1.86 bits per heavy atom. The van der Waals surface area contributed by atoms with Gasteiger partial charge in [0.15, 0.2) is 0 Å². The first kappa shape index (κ1) is 18.0. The van der Waals surface area contributed by atoms with Crippen molar-refractivity contribution in [3.63, 3.8) is 0 Å². The van der Waals surface area contributed by atoms with E-state index in [4.69, 9.17) is 4.74 Å². The van der Waals surface area contributed by atoms with Gasteiger partial charge in [0.1, 0.15) is 5.75 Å². The van der Waals surface area contributed by atoms with Gasteiger partial charge < -0.3 is 15.0 Å². The number of nitrogens with one attached hydrogen (secondary N) is 1. The normalized spacial score (nSPS) is 12.9. The lowest BCUT2D eigenvalue weighted by atomic mass is 10.1. The van der Waals surface area contributed by atoms with Gasteiger partial charge in [0.25, 0.3) is 0 Å². The number of nitrogens with zero attached hydrogens (tertiary/aromatic N) is 1. The van der Waals surface area contributed by atoms with E-state index in [2.05, 4.69) is 56.2 Å². The van der Waals surface area contributed by atoms with Crippen molar-refractivity contribution in [1.82, 2.24) is 10.2 Å². The summed E-state index contributed by atoms with van der Waals surface area (Å²) in [5.74, 6) is 1.000. The fourth-order valence-electron chi connectivity index (χ4n) is 2.30. The van der Waals surface area contributed by atoms with Gasteiger partial charge in [0, 0.05) is 17.6 Å². The Morgan fingerprint density at radius 1 is 1.14 bits per heavy atom. The van der Waals surface area contributed by atoms with Crippen molar-refractivity contribution < 1.29 is 4.74 Å². The molecule has 0 aliphatic carbocycles. The minimum absolute atomic E-state index is 0.329. The summed E-state index contributed by atoms with van der Waals surface area (Å²) in [6, 6.07) is 9.27. The van der Waals surface area contributed by atoms with E-state index in [1.54, 1.807) is 0 Å². The zero-order valence-electron chi connectivity index (χ0n) is 14.4. The van der Waals surface area contributed by atoms with Crippen molar-refractivity contribution in [1.29, 1.82) is 0 Å². The third kappa shape index (κ3) is 6.49. The maximum Gasteiger partial charge on any atom is 0.124 e. The summed E-state index contributed by atoms with van der Waals surface area (Å²) in [6.07, 6.45) is 2.44. The van der Waals surface area contributed by atoms with Crippen molar-refractivity contribution in [3.8, 4) is 5.75 Å². The van der Waals surface area contributed by atoms with Gasteiger partial charge in [-0.1, -0.05) is 18.2 Å². The summed E-state index contributed by atoms with van der Waals surface area (Å²) in [4.78, 5) is 2.40. The maximum absolute atomic E-state index is 5.70. The average molecular weight is 292 g/mol. The SMILES string of the molecule is CCOc1ccccc1C(C)NCCCCN(C)C(C)C. The predicted molar refractivity (Wildman–Crippen MR) is 91.0 cm³/mol. The zero-order valence-corrected chi connectivity index (χ0v) is 14.4. The van der Waals surface area contributed by atoms with Crippen molar-refractivity contribution in [3.05, 3.63) is 29.8 Å². The molecule has 0 amide bonds. The second-order valence-corrected chi connectivity index (χ2v) is 5.93. The monoisotopic (exact) mass is 292 g/mol. The van der Waals surface area contributed by atoms with Gasteiger partial charge in [-0.25, -0.2) is 0 Å². The lowest BCUT2D eigenvalue weighted by Gasteiger charge is -2.21. The first-order valence-electron chi connectivity index (χ1n) is 8.21. The number of rotatable bonds is 10. The molecule has 0 saturated heterocycles. The summed E-state index contributed by atoms with van der Waals surface area (Å²) in [5, 5.41) is 3.60. The van der Waals surface area contributed by atoms with Gasteiger partial charge in [-0.3, -0.25) is 0 Å². The van der Waals surface area contributed by atoms with Crippen LogP contribution in [0.4, 0.5) is 0 Å². The molecule has 0 bridgehead atoms. The van der Waals surface area contributed by atoms with E-state index < -0.39 is 0 Å². The first-order valence-corrected chi connectivity index (χ1v) is 8.21. The van der Waals surface area contributed by atoms with Crippen LogP contribution in [0.2, 0.25) is 0 Å². The molecule has 120 valence electrons. The Labute approximate surface area is 130 Å².